The van der Waals surface area contributed by atoms with E-state index < -0.39 is 10.0 Å². The number of hydrogen-bond acceptors (Lipinski definition) is 4. The van der Waals surface area contributed by atoms with Crippen LogP contribution in [0, 0.1) is 6.92 Å². The lowest BCUT2D eigenvalue weighted by Crippen LogP contribution is -2.28. The van der Waals surface area contributed by atoms with Gasteiger partial charge in [0.05, 0.1) is 10.9 Å². The zero-order valence-electron chi connectivity index (χ0n) is 12.8. The third kappa shape index (κ3) is 6.55. The van der Waals surface area contributed by atoms with Crippen molar-refractivity contribution in [1.29, 1.82) is 0 Å². The fourth-order valence-electron chi connectivity index (χ4n) is 1.69. The molecule has 0 saturated heterocycles. The number of sulfonamides is 1. The van der Waals surface area contributed by atoms with Crippen LogP contribution in [0.1, 0.15) is 5.56 Å². The zero-order chi connectivity index (χ0) is 16.9. The standard InChI is InChI=1S/C14H17ClN4O2S2.HI/c1-10-2-4-11(5-3-10)19-14(16)17-8-9-18-23(20,21)13-7-6-12(15)22-13;/h2-7,18H,8-9H2,1H3,(H3,16,17,19);1H. The van der Waals surface area contributed by atoms with E-state index in [0.29, 0.717) is 4.34 Å². The molecule has 0 bridgehead atoms. The fraction of sp³-hybridized carbons (Fsp3) is 0.214. The van der Waals surface area contributed by atoms with Crippen LogP contribution < -0.4 is 15.8 Å². The number of guanidine groups is 1. The Morgan fingerprint density at radius 1 is 1.25 bits per heavy atom. The number of aryl methyl sites for hydroxylation is 1. The average molecular weight is 501 g/mol. The maximum absolute atomic E-state index is 12.0. The predicted octanol–water partition coefficient (Wildman–Crippen LogP) is 3.03. The normalized spacial score (nSPS) is 11.8. The maximum Gasteiger partial charge on any atom is 0.250 e. The molecular formula is C14H18ClIN4O2S2. The molecule has 0 fully saturated rings. The van der Waals surface area contributed by atoms with Gasteiger partial charge < -0.3 is 11.1 Å². The van der Waals surface area contributed by atoms with Crippen LogP contribution in [0.5, 0.6) is 0 Å². The molecule has 0 radical (unpaired) electrons. The highest BCUT2D eigenvalue weighted by molar-refractivity contribution is 14.0. The Morgan fingerprint density at radius 3 is 2.50 bits per heavy atom. The van der Waals surface area contributed by atoms with Crippen molar-refractivity contribution in [1.82, 2.24) is 4.72 Å². The van der Waals surface area contributed by atoms with Crippen LogP contribution in [0.2, 0.25) is 4.34 Å². The van der Waals surface area contributed by atoms with Crippen LogP contribution in [-0.2, 0) is 10.0 Å². The quantitative estimate of drug-likeness (QED) is 0.246. The van der Waals surface area contributed by atoms with Crippen molar-refractivity contribution in [3.05, 3.63) is 46.3 Å². The second-order valence-corrected chi connectivity index (χ2v) is 8.42. The molecule has 6 nitrogen and oxygen atoms in total. The Hall–Kier alpha value is -0.880. The van der Waals surface area contributed by atoms with Crippen molar-refractivity contribution in [3.8, 4) is 0 Å². The van der Waals surface area contributed by atoms with Crippen LogP contribution >= 0.6 is 46.9 Å². The van der Waals surface area contributed by atoms with Gasteiger partial charge in [0.1, 0.15) is 4.21 Å². The number of thiophene rings is 1. The number of nitrogens with two attached hydrogens (primary N) is 1. The van der Waals surface area contributed by atoms with E-state index in [0.717, 1.165) is 22.6 Å². The minimum atomic E-state index is -3.55. The van der Waals surface area contributed by atoms with E-state index >= 15 is 0 Å². The smallest absolute Gasteiger partial charge is 0.250 e. The Labute approximate surface area is 167 Å². The Morgan fingerprint density at radius 2 is 1.92 bits per heavy atom. The van der Waals surface area contributed by atoms with Gasteiger partial charge >= 0.3 is 0 Å². The topological polar surface area (TPSA) is 96.6 Å². The number of rotatable bonds is 6. The molecule has 0 unspecified atom stereocenters. The molecule has 0 aliphatic rings. The van der Waals surface area contributed by atoms with Gasteiger partial charge in [-0.3, -0.25) is 4.99 Å². The first-order chi connectivity index (χ1) is 10.9. The molecule has 1 aromatic heterocycles. The van der Waals surface area contributed by atoms with E-state index in [9.17, 15) is 8.42 Å². The van der Waals surface area contributed by atoms with E-state index in [-0.39, 0.29) is 47.2 Å². The number of halogens is 2. The molecule has 0 saturated carbocycles. The molecule has 0 aliphatic heterocycles. The summed E-state index contributed by atoms with van der Waals surface area (Å²) in [6.45, 7) is 2.37. The van der Waals surface area contributed by atoms with Gasteiger partial charge in [-0.05, 0) is 31.2 Å². The van der Waals surface area contributed by atoms with Gasteiger partial charge in [0.25, 0.3) is 0 Å². The second kappa shape index (κ2) is 9.56. The highest BCUT2D eigenvalue weighted by Gasteiger charge is 2.15. The lowest BCUT2D eigenvalue weighted by Gasteiger charge is -2.06. The van der Waals surface area contributed by atoms with Crippen LogP contribution in [0.15, 0.2) is 45.6 Å². The first kappa shape index (κ1) is 21.2. The number of hydrogen-bond donors (Lipinski definition) is 3. The Kier molecular flexibility index (Phi) is 8.43. The molecule has 2 aromatic rings. The number of benzene rings is 1. The lowest BCUT2D eigenvalue weighted by atomic mass is 10.2. The molecular weight excluding hydrogens is 483 g/mol. The van der Waals surface area contributed by atoms with Crippen molar-refractivity contribution < 1.29 is 8.42 Å². The highest BCUT2D eigenvalue weighted by atomic mass is 127. The van der Waals surface area contributed by atoms with Gasteiger partial charge in [0.2, 0.25) is 10.0 Å². The first-order valence-corrected chi connectivity index (χ1v) is 9.43. The SMILES string of the molecule is Cc1ccc(NC(N)=NCCNS(=O)(=O)c2ccc(Cl)s2)cc1.I. The summed E-state index contributed by atoms with van der Waals surface area (Å²) in [5, 5.41) is 2.94. The first-order valence-electron chi connectivity index (χ1n) is 6.75. The van der Waals surface area contributed by atoms with Crippen LogP contribution in [0.4, 0.5) is 5.69 Å². The molecule has 1 heterocycles. The molecule has 4 N–H and O–H groups in total. The van der Waals surface area contributed by atoms with Gasteiger partial charge in [-0.2, -0.15) is 0 Å². The van der Waals surface area contributed by atoms with Crippen LogP contribution in [0.25, 0.3) is 0 Å². The van der Waals surface area contributed by atoms with E-state index in [1.807, 2.05) is 31.2 Å². The number of anilines is 1. The molecule has 0 atom stereocenters. The molecule has 2 rings (SSSR count). The second-order valence-electron chi connectivity index (χ2n) is 4.71. The number of aliphatic imine (C=N–C) groups is 1. The minimum absolute atomic E-state index is 0. The molecule has 0 aliphatic carbocycles. The zero-order valence-corrected chi connectivity index (χ0v) is 17.5. The van der Waals surface area contributed by atoms with E-state index in [1.165, 1.54) is 6.07 Å². The summed E-state index contributed by atoms with van der Waals surface area (Å²) >= 11 is 6.74. The summed E-state index contributed by atoms with van der Waals surface area (Å²) in [7, 11) is -3.55. The summed E-state index contributed by atoms with van der Waals surface area (Å²) in [6, 6.07) is 10.7. The molecule has 132 valence electrons. The average Bonchev–Trinajstić information content (AvgIpc) is 2.94. The van der Waals surface area contributed by atoms with E-state index in [2.05, 4.69) is 15.0 Å². The summed E-state index contributed by atoms with van der Waals surface area (Å²) in [6.07, 6.45) is 0. The summed E-state index contributed by atoms with van der Waals surface area (Å²) in [5.74, 6) is 0.229. The van der Waals surface area contributed by atoms with Gasteiger partial charge in [-0.15, -0.1) is 35.3 Å². The van der Waals surface area contributed by atoms with Crippen molar-refractivity contribution in [2.45, 2.75) is 11.1 Å². The maximum atomic E-state index is 12.0. The Bertz CT molecular complexity index is 791. The highest BCUT2D eigenvalue weighted by Crippen LogP contribution is 2.25. The van der Waals surface area contributed by atoms with Crippen molar-refractivity contribution in [3.63, 3.8) is 0 Å². The fourth-order valence-corrected chi connectivity index (χ4v) is 4.24. The minimum Gasteiger partial charge on any atom is -0.370 e. The largest absolute Gasteiger partial charge is 0.370 e. The van der Waals surface area contributed by atoms with Crippen molar-refractivity contribution >= 4 is 68.6 Å². The molecule has 1 aromatic carbocycles. The van der Waals surface area contributed by atoms with Gasteiger partial charge in [0.15, 0.2) is 5.96 Å². The molecule has 0 amide bonds. The third-order valence-electron chi connectivity index (χ3n) is 2.82. The van der Waals surface area contributed by atoms with Gasteiger partial charge in [-0.25, -0.2) is 13.1 Å². The summed E-state index contributed by atoms with van der Waals surface area (Å²) in [4.78, 5) is 4.08. The van der Waals surface area contributed by atoms with Crippen molar-refractivity contribution in [2.24, 2.45) is 10.7 Å². The van der Waals surface area contributed by atoms with Crippen LogP contribution in [0.3, 0.4) is 0 Å². The number of nitrogens with one attached hydrogen (secondary N) is 2. The summed E-state index contributed by atoms with van der Waals surface area (Å²) in [5.41, 5.74) is 7.73. The van der Waals surface area contributed by atoms with Crippen LogP contribution in [-0.4, -0.2) is 27.5 Å². The third-order valence-corrected chi connectivity index (χ3v) is 6.01. The molecule has 24 heavy (non-hydrogen) atoms. The van der Waals surface area contributed by atoms with E-state index in [1.54, 1.807) is 6.07 Å². The Balaban J connectivity index is 0.00000288. The molecule has 10 heteroatoms. The summed E-state index contributed by atoms with van der Waals surface area (Å²) < 4.78 is 27.0. The van der Waals surface area contributed by atoms with Gasteiger partial charge in [0, 0.05) is 12.2 Å². The lowest BCUT2D eigenvalue weighted by molar-refractivity contribution is 0.584. The predicted molar refractivity (Wildman–Crippen MR) is 111 cm³/mol. The monoisotopic (exact) mass is 500 g/mol. The van der Waals surface area contributed by atoms with Gasteiger partial charge in [-0.1, -0.05) is 29.3 Å². The van der Waals surface area contributed by atoms with Crippen molar-refractivity contribution in [2.75, 3.05) is 18.4 Å². The molecule has 0 spiro atoms. The number of nitrogens with zero attached hydrogens (tertiary/aromatic N) is 1. The van der Waals surface area contributed by atoms with E-state index in [4.69, 9.17) is 17.3 Å².